The van der Waals surface area contributed by atoms with Gasteiger partial charge in [-0.1, -0.05) is 12.1 Å². The molecule has 0 saturated carbocycles. The molecule has 0 bridgehead atoms. The molecular formula is C29H30F3N5O2S. The zero-order valence-electron chi connectivity index (χ0n) is 21.8. The first-order valence-corrected chi connectivity index (χ1v) is 14.1. The van der Waals surface area contributed by atoms with E-state index in [0.717, 1.165) is 36.2 Å². The number of amides is 2. The lowest BCUT2D eigenvalue weighted by Crippen LogP contribution is -2.49. The summed E-state index contributed by atoms with van der Waals surface area (Å²) in [6.45, 7) is 2.61. The van der Waals surface area contributed by atoms with Crippen LogP contribution in [0.3, 0.4) is 0 Å². The van der Waals surface area contributed by atoms with E-state index in [9.17, 15) is 22.8 Å². The molecule has 1 saturated heterocycles. The molecule has 11 heteroatoms. The maximum absolute atomic E-state index is 13.2. The van der Waals surface area contributed by atoms with E-state index in [4.69, 9.17) is 5.73 Å². The van der Waals surface area contributed by atoms with Gasteiger partial charge < -0.3 is 20.9 Å². The highest BCUT2D eigenvalue weighted by molar-refractivity contribution is 7.13. The van der Waals surface area contributed by atoms with Crippen molar-refractivity contribution in [2.45, 2.75) is 38.3 Å². The van der Waals surface area contributed by atoms with Crippen molar-refractivity contribution in [1.82, 2.24) is 9.88 Å². The Morgan fingerprint density at radius 3 is 2.25 bits per heavy atom. The van der Waals surface area contributed by atoms with E-state index in [1.165, 1.54) is 23.5 Å². The number of thiazole rings is 1. The van der Waals surface area contributed by atoms with Crippen molar-refractivity contribution >= 4 is 45.2 Å². The minimum atomic E-state index is -4.39. The van der Waals surface area contributed by atoms with Gasteiger partial charge in [0.1, 0.15) is 0 Å². The minimum Gasteiger partial charge on any atom is -0.375 e. The Kier molecular flexibility index (Phi) is 8.11. The third kappa shape index (κ3) is 6.47. The van der Waals surface area contributed by atoms with E-state index in [0.29, 0.717) is 66.7 Å². The molecule has 0 atom stereocenters. The number of aromatic nitrogens is 1. The van der Waals surface area contributed by atoms with Crippen LogP contribution in [0.25, 0.3) is 5.57 Å². The fraction of sp³-hybridized carbons (Fsp3) is 0.345. The van der Waals surface area contributed by atoms with Gasteiger partial charge in [0.25, 0.3) is 5.91 Å². The molecule has 2 amide bonds. The van der Waals surface area contributed by atoms with Gasteiger partial charge in [-0.25, -0.2) is 4.98 Å². The normalized spacial score (nSPS) is 16.3. The van der Waals surface area contributed by atoms with Gasteiger partial charge in [0.2, 0.25) is 5.91 Å². The lowest BCUT2D eigenvalue weighted by molar-refractivity contribution is -0.137. The number of hydrogen-bond acceptors (Lipinski definition) is 6. The van der Waals surface area contributed by atoms with Crippen molar-refractivity contribution in [2.75, 3.05) is 42.1 Å². The summed E-state index contributed by atoms with van der Waals surface area (Å²) in [5.74, 6) is -0.188. The molecule has 210 valence electrons. The Morgan fingerprint density at radius 1 is 0.950 bits per heavy atom. The minimum absolute atomic E-state index is 0.0377. The Labute approximate surface area is 234 Å². The van der Waals surface area contributed by atoms with Gasteiger partial charge in [-0.05, 0) is 73.2 Å². The van der Waals surface area contributed by atoms with E-state index >= 15 is 0 Å². The van der Waals surface area contributed by atoms with Crippen molar-refractivity contribution in [2.24, 2.45) is 0 Å². The molecule has 5 rings (SSSR count). The SMILES string of the molecule is Nc1nc(CC(=O)N2CCN(c3ccc(NC(=O)C4=C(c5ccc(C(F)(F)F)cc5)CCCC4)cc3)CC2)cs1. The first-order chi connectivity index (χ1) is 19.2. The third-order valence-electron chi connectivity index (χ3n) is 7.33. The third-order valence-corrected chi connectivity index (χ3v) is 8.05. The monoisotopic (exact) mass is 569 g/mol. The highest BCUT2D eigenvalue weighted by Gasteiger charge is 2.30. The maximum Gasteiger partial charge on any atom is 0.416 e. The molecule has 2 heterocycles. The number of anilines is 3. The number of carbonyl (C=O) groups is 2. The van der Waals surface area contributed by atoms with Gasteiger partial charge in [-0.15, -0.1) is 11.3 Å². The number of nitrogens with one attached hydrogen (secondary N) is 1. The molecule has 3 N–H and O–H groups in total. The van der Waals surface area contributed by atoms with Gasteiger partial charge in [-0.2, -0.15) is 13.2 Å². The van der Waals surface area contributed by atoms with Crippen LogP contribution in [0, 0.1) is 0 Å². The fourth-order valence-corrected chi connectivity index (χ4v) is 5.74. The van der Waals surface area contributed by atoms with Crippen LogP contribution in [0.4, 0.5) is 29.7 Å². The summed E-state index contributed by atoms with van der Waals surface area (Å²) in [6, 6.07) is 12.6. The van der Waals surface area contributed by atoms with Crippen LogP contribution in [0.15, 0.2) is 59.5 Å². The van der Waals surface area contributed by atoms with Crippen LogP contribution in [-0.2, 0) is 22.2 Å². The lowest BCUT2D eigenvalue weighted by Gasteiger charge is -2.36. The van der Waals surface area contributed by atoms with Crippen molar-refractivity contribution < 1.29 is 22.8 Å². The molecule has 1 fully saturated rings. The van der Waals surface area contributed by atoms with Crippen molar-refractivity contribution in [3.05, 3.63) is 76.3 Å². The number of alkyl halides is 3. The van der Waals surface area contributed by atoms with E-state index in [1.807, 2.05) is 34.5 Å². The van der Waals surface area contributed by atoms with Crippen molar-refractivity contribution in [1.29, 1.82) is 0 Å². The van der Waals surface area contributed by atoms with E-state index < -0.39 is 11.7 Å². The summed E-state index contributed by atoms with van der Waals surface area (Å²) >= 11 is 1.33. The van der Waals surface area contributed by atoms with E-state index in [-0.39, 0.29) is 18.2 Å². The molecule has 7 nitrogen and oxygen atoms in total. The lowest BCUT2D eigenvalue weighted by atomic mass is 9.86. The number of nitrogen functional groups attached to an aromatic ring is 1. The van der Waals surface area contributed by atoms with Crippen LogP contribution >= 0.6 is 11.3 Å². The Bertz CT molecular complexity index is 1390. The van der Waals surface area contributed by atoms with Gasteiger partial charge in [0, 0.05) is 48.5 Å². The van der Waals surface area contributed by atoms with E-state index in [2.05, 4.69) is 15.2 Å². The zero-order chi connectivity index (χ0) is 28.3. The quantitative estimate of drug-likeness (QED) is 0.403. The number of hydrogen-bond donors (Lipinski definition) is 2. The second kappa shape index (κ2) is 11.7. The Morgan fingerprint density at radius 2 is 1.62 bits per heavy atom. The molecule has 2 aromatic carbocycles. The highest BCUT2D eigenvalue weighted by Crippen LogP contribution is 2.35. The molecule has 0 spiro atoms. The van der Waals surface area contributed by atoms with Crippen LogP contribution in [0.1, 0.15) is 42.5 Å². The first kappa shape index (κ1) is 27.7. The molecule has 0 radical (unpaired) electrons. The van der Waals surface area contributed by atoms with Crippen molar-refractivity contribution in [3.63, 3.8) is 0 Å². The summed E-state index contributed by atoms with van der Waals surface area (Å²) in [5.41, 5.74) is 9.38. The zero-order valence-corrected chi connectivity index (χ0v) is 22.7. The molecule has 40 heavy (non-hydrogen) atoms. The van der Waals surface area contributed by atoms with Crippen molar-refractivity contribution in [3.8, 4) is 0 Å². The number of benzene rings is 2. The smallest absolute Gasteiger partial charge is 0.375 e. The molecule has 2 aliphatic rings. The van der Waals surface area contributed by atoms with Gasteiger partial charge in [0.15, 0.2) is 5.13 Å². The van der Waals surface area contributed by atoms with Gasteiger partial charge in [-0.3, -0.25) is 9.59 Å². The number of rotatable bonds is 6. The van der Waals surface area contributed by atoms with Gasteiger partial charge >= 0.3 is 6.18 Å². The van der Waals surface area contributed by atoms with E-state index in [1.54, 1.807) is 0 Å². The topological polar surface area (TPSA) is 91.6 Å². The van der Waals surface area contributed by atoms with Crippen LogP contribution < -0.4 is 16.0 Å². The summed E-state index contributed by atoms with van der Waals surface area (Å²) in [4.78, 5) is 34.0. The predicted octanol–water partition coefficient (Wildman–Crippen LogP) is 5.60. The largest absolute Gasteiger partial charge is 0.416 e. The van der Waals surface area contributed by atoms with Crippen LogP contribution in [-0.4, -0.2) is 47.9 Å². The molecule has 1 aliphatic heterocycles. The standard InChI is InChI=1S/C29H30F3N5O2S/c30-29(31,32)20-7-5-19(6-8-20)24-3-1-2-4-25(24)27(39)34-21-9-11-23(12-10-21)36-13-15-37(16-14-36)26(38)17-22-18-40-28(33)35-22/h5-12,18H,1-4,13-17H2,(H2,33,35)(H,34,39). The number of carbonyl (C=O) groups excluding carboxylic acids is 2. The summed E-state index contributed by atoms with van der Waals surface area (Å²) < 4.78 is 38.9. The van der Waals surface area contributed by atoms with Gasteiger partial charge in [0.05, 0.1) is 17.7 Å². The second-order valence-electron chi connectivity index (χ2n) is 9.96. The number of piperazine rings is 1. The average molecular weight is 570 g/mol. The molecular weight excluding hydrogens is 539 g/mol. The number of allylic oxidation sites excluding steroid dienone is 1. The second-order valence-corrected chi connectivity index (χ2v) is 10.9. The summed E-state index contributed by atoms with van der Waals surface area (Å²) in [5, 5.41) is 5.23. The highest BCUT2D eigenvalue weighted by atomic mass is 32.1. The number of halogens is 3. The fourth-order valence-electron chi connectivity index (χ4n) is 5.18. The molecule has 1 aliphatic carbocycles. The molecule has 1 aromatic heterocycles. The Balaban J connectivity index is 1.19. The predicted molar refractivity (Wildman–Crippen MR) is 151 cm³/mol. The van der Waals surface area contributed by atoms with Crippen LogP contribution in [0.5, 0.6) is 0 Å². The first-order valence-electron chi connectivity index (χ1n) is 13.2. The van der Waals surface area contributed by atoms with Crippen LogP contribution in [0.2, 0.25) is 0 Å². The molecule has 0 unspecified atom stereocenters. The summed E-state index contributed by atoms with van der Waals surface area (Å²) in [7, 11) is 0. The molecule has 3 aromatic rings. The maximum atomic E-state index is 13.2. The number of nitrogens with zero attached hydrogens (tertiary/aromatic N) is 3. The Hall–Kier alpha value is -3.86. The average Bonchev–Trinajstić information content (AvgIpc) is 3.37. The number of nitrogens with two attached hydrogens (primary N) is 1. The summed E-state index contributed by atoms with van der Waals surface area (Å²) in [6.07, 6.45) is -1.16.